The van der Waals surface area contributed by atoms with Crippen LogP contribution in [0.4, 0.5) is 5.69 Å². The summed E-state index contributed by atoms with van der Waals surface area (Å²) >= 11 is 0. The monoisotopic (exact) mass is 522 g/mol. The molecule has 4 N–H and O–H groups in total. The standard InChI is InChI=1S/C22H26N4O3.HI/c23-22(26-18-10-12-29-19-8-2-1-7-17(18)19)24-14-15-5-3-6-16(13-15)25-21(27)20-9-4-11-28-20;/h1-3,5-8,13,18,20H,4,9-12,14H2,(H,25,27)(H3,23,24,26);1H. The first kappa shape index (κ1) is 22.4. The third-order valence-electron chi connectivity index (χ3n) is 5.13. The van der Waals surface area contributed by atoms with Gasteiger partial charge in [0.05, 0.1) is 19.2 Å². The Morgan fingerprint density at radius 2 is 2.00 bits per heavy atom. The van der Waals surface area contributed by atoms with Crippen molar-refractivity contribution in [3.05, 3.63) is 59.7 Å². The Labute approximate surface area is 193 Å². The van der Waals surface area contributed by atoms with Gasteiger partial charge in [-0.25, -0.2) is 4.99 Å². The lowest BCUT2D eigenvalue weighted by molar-refractivity contribution is -0.124. The minimum atomic E-state index is -0.348. The highest BCUT2D eigenvalue weighted by Crippen LogP contribution is 2.31. The Hall–Kier alpha value is -2.33. The average molecular weight is 522 g/mol. The number of anilines is 1. The van der Waals surface area contributed by atoms with E-state index in [-0.39, 0.29) is 42.0 Å². The second-order valence-electron chi connectivity index (χ2n) is 7.26. The van der Waals surface area contributed by atoms with Gasteiger partial charge in [-0.15, -0.1) is 24.0 Å². The molecule has 160 valence electrons. The average Bonchev–Trinajstić information content (AvgIpc) is 3.28. The van der Waals surface area contributed by atoms with Gasteiger partial charge in [0.25, 0.3) is 5.91 Å². The number of para-hydroxylation sites is 1. The van der Waals surface area contributed by atoms with Gasteiger partial charge in [-0.1, -0.05) is 30.3 Å². The summed E-state index contributed by atoms with van der Waals surface area (Å²) in [6.45, 7) is 1.72. The van der Waals surface area contributed by atoms with Crippen LogP contribution in [0.25, 0.3) is 0 Å². The summed E-state index contributed by atoms with van der Waals surface area (Å²) in [4.78, 5) is 16.7. The molecule has 0 aromatic heterocycles. The minimum absolute atomic E-state index is 0. The molecule has 0 radical (unpaired) electrons. The molecule has 2 aliphatic rings. The van der Waals surface area contributed by atoms with Crippen LogP contribution in [0.2, 0.25) is 0 Å². The lowest BCUT2D eigenvalue weighted by atomic mass is 10.0. The zero-order valence-corrected chi connectivity index (χ0v) is 19.0. The number of amides is 1. The van der Waals surface area contributed by atoms with Crippen LogP contribution in [0.1, 0.15) is 36.4 Å². The number of carbonyl (C=O) groups is 1. The fourth-order valence-electron chi connectivity index (χ4n) is 3.65. The Balaban J connectivity index is 0.00000256. The van der Waals surface area contributed by atoms with Crippen LogP contribution in [-0.2, 0) is 16.1 Å². The van der Waals surface area contributed by atoms with Crippen molar-refractivity contribution in [1.82, 2.24) is 5.32 Å². The van der Waals surface area contributed by atoms with Crippen LogP contribution in [0.5, 0.6) is 5.75 Å². The van der Waals surface area contributed by atoms with E-state index in [4.69, 9.17) is 15.2 Å². The maximum absolute atomic E-state index is 12.2. The number of halogens is 1. The molecule has 1 amide bonds. The van der Waals surface area contributed by atoms with Crippen molar-refractivity contribution in [3.63, 3.8) is 0 Å². The van der Waals surface area contributed by atoms with E-state index in [0.29, 0.717) is 25.7 Å². The minimum Gasteiger partial charge on any atom is -0.493 e. The largest absolute Gasteiger partial charge is 0.493 e. The van der Waals surface area contributed by atoms with Gasteiger partial charge < -0.3 is 25.8 Å². The molecule has 8 heteroatoms. The first-order valence-corrected chi connectivity index (χ1v) is 9.98. The first-order chi connectivity index (χ1) is 14.2. The molecule has 0 aliphatic carbocycles. The van der Waals surface area contributed by atoms with Crippen LogP contribution in [0.15, 0.2) is 53.5 Å². The summed E-state index contributed by atoms with van der Waals surface area (Å²) in [6.07, 6.45) is 2.18. The highest BCUT2D eigenvalue weighted by molar-refractivity contribution is 14.0. The highest BCUT2D eigenvalue weighted by Gasteiger charge is 2.23. The zero-order chi connectivity index (χ0) is 20.1. The molecule has 2 heterocycles. The van der Waals surface area contributed by atoms with Gasteiger partial charge >= 0.3 is 0 Å². The van der Waals surface area contributed by atoms with E-state index in [0.717, 1.165) is 41.8 Å². The Morgan fingerprint density at radius 1 is 1.13 bits per heavy atom. The van der Waals surface area contributed by atoms with Gasteiger partial charge in [0.1, 0.15) is 11.9 Å². The molecule has 2 atom stereocenters. The number of benzene rings is 2. The number of hydrogen-bond donors (Lipinski definition) is 3. The van der Waals surface area contributed by atoms with E-state index in [1.165, 1.54) is 0 Å². The van der Waals surface area contributed by atoms with Crippen molar-refractivity contribution in [1.29, 1.82) is 0 Å². The fourth-order valence-corrected chi connectivity index (χ4v) is 3.65. The number of hydrogen-bond acceptors (Lipinski definition) is 4. The number of ether oxygens (including phenoxy) is 2. The Kier molecular flexibility index (Phi) is 7.92. The SMILES string of the molecule is I.NC(=NCc1cccc(NC(=O)C2CCCO2)c1)NC1CCOc2ccccc21. The lowest BCUT2D eigenvalue weighted by Gasteiger charge is -2.26. The highest BCUT2D eigenvalue weighted by atomic mass is 127. The molecule has 2 aliphatic heterocycles. The quantitative estimate of drug-likeness (QED) is 0.318. The van der Waals surface area contributed by atoms with E-state index < -0.39 is 0 Å². The molecule has 30 heavy (non-hydrogen) atoms. The van der Waals surface area contributed by atoms with E-state index in [1.54, 1.807) is 0 Å². The van der Waals surface area contributed by atoms with Gasteiger partial charge in [-0.2, -0.15) is 0 Å². The zero-order valence-electron chi connectivity index (χ0n) is 16.7. The molecule has 0 spiro atoms. The molecular formula is C22H27IN4O3. The predicted molar refractivity (Wildman–Crippen MR) is 127 cm³/mol. The smallest absolute Gasteiger partial charge is 0.253 e. The van der Waals surface area contributed by atoms with Gasteiger partial charge in [-0.3, -0.25) is 4.79 Å². The van der Waals surface area contributed by atoms with Crippen molar-refractivity contribution in [2.24, 2.45) is 10.7 Å². The van der Waals surface area contributed by atoms with Crippen molar-refractivity contribution < 1.29 is 14.3 Å². The molecule has 4 rings (SSSR count). The number of carbonyl (C=O) groups excluding carboxylic acids is 1. The first-order valence-electron chi connectivity index (χ1n) is 9.98. The summed E-state index contributed by atoms with van der Waals surface area (Å²) in [5.74, 6) is 1.18. The van der Waals surface area contributed by atoms with Gasteiger partial charge in [0.15, 0.2) is 5.96 Å². The van der Waals surface area contributed by atoms with Crippen molar-refractivity contribution in [3.8, 4) is 5.75 Å². The van der Waals surface area contributed by atoms with Crippen molar-refractivity contribution in [2.45, 2.75) is 38.0 Å². The van der Waals surface area contributed by atoms with Crippen molar-refractivity contribution in [2.75, 3.05) is 18.5 Å². The second-order valence-corrected chi connectivity index (χ2v) is 7.26. The summed E-state index contributed by atoms with van der Waals surface area (Å²) in [5.41, 5.74) is 8.92. The molecule has 7 nitrogen and oxygen atoms in total. The summed E-state index contributed by atoms with van der Waals surface area (Å²) in [6, 6.07) is 15.7. The van der Waals surface area contributed by atoms with Crippen LogP contribution < -0.4 is 21.1 Å². The molecule has 1 fully saturated rings. The number of nitrogens with zero attached hydrogens (tertiary/aromatic N) is 1. The summed E-state index contributed by atoms with van der Waals surface area (Å²) in [7, 11) is 0. The summed E-state index contributed by atoms with van der Waals surface area (Å²) in [5, 5.41) is 6.21. The van der Waals surface area contributed by atoms with Gasteiger partial charge in [0.2, 0.25) is 0 Å². The number of guanidine groups is 1. The fraction of sp³-hybridized carbons (Fsp3) is 0.364. The lowest BCUT2D eigenvalue weighted by Crippen LogP contribution is -2.37. The number of fused-ring (bicyclic) bond motifs is 1. The van der Waals surface area contributed by atoms with E-state index in [2.05, 4.69) is 15.6 Å². The third-order valence-corrected chi connectivity index (χ3v) is 5.13. The van der Waals surface area contributed by atoms with Crippen LogP contribution in [-0.4, -0.2) is 31.2 Å². The molecule has 2 aromatic rings. The van der Waals surface area contributed by atoms with Crippen LogP contribution >= 0.6 is 24.0 Å². The van der Waals surface area contributed by atoms with E-state index >= 15 is 0 Å². The second kappa shape index (κ2) is 10.6. The van der Waals surface area contributed by atoms with E-state index in [9.17, 15) is 4.79 Å². The Bertz CT molecular complexity index is 899. The van der Waals surface area contributed by atoms with Gasteiger partial charge in [-0.05, 0) is 36.6 Å². The maximum Gasteiger partial charge on any atom is 0.253 e. The number of nitrogens with two attached hydrogens (primary N) is 1. The molecule has 2 aromatic carbocycles. The third kappa shape index (κ3) is 5.63. The van der Waals surface area contributed by atoms with Gasteiger partial charge in [0, 0.05) is 24.3 Å². The van der Waals surface area contributed by atoms with Crippen LogP contribution in [0, 0.1) is 0 Å². The predicted octanol–water partition coefficient (Wildman–Crippen LogP) is 3.35. The normalized spacial score (nSPS) is 20.5. The topological polar surface area (TPSA) is 98.0 Å². The molecule has 2 unspecified atom stereocenters. The molecule has 0 bridgehead atoms. The Morgan fingerprint density at radius 3 is 2.83 bits per heavy atom. The number of nitrogens with one attached hydrogen (secondary N) is 2. The molecule has 1 saturated heterocycles. The number of aliphatic imine (C=N–C) groups is 1. The van der Waals surface area contributed by atoms with Crippen molar-refractivity contribution >= 4 is 41.5 Å². The van der Waals surface area contributed by atoms with E-state index in [1.807, 2.05) is 48.5 Å². The number of rotatable bonds is 5. The molecule has 0 saturated carbocycles. The maximum atomic E-state index is 12.2. The van der Waals surface area contributed by atoms with Crippen LogP contribution in [0.3, 0.4) is 0 Å². The summed E-state index contributed by atoms with van der Waals surface area (Å²) < 4.78 is 11.1. The molecular weight excluding hydrogens is 495 g/mol.